The molecule has 1 unspecified atom stereocenters. The number of carbonyl (C=O) groups is 1. The second-order valence-electron chi connectivity index (χ2n) is 8.35. The van der Waals surface area contributed by atoms with Crippen LogP contribution in [0.3, 0.4) is 0 Å². The molecule has 1 amide bonds. The molecule has 1 heterocycles. The Morgan fingerprint density at radius 3 is 2.77 bits per heavy atom. The molecule has 1 atom stereocenters. The highest BCUT2D eigenvalue weighted by atomic mass is 16.1. The van der Waals surface area contributed by atoms with Crippen molar-refractivity contribution in [2.24, 2.45) is 4.99 Å². The number of amides is 1. The van der Waals surface area contributed by atoms with Crippen LogP contribution in [0.1, 0.15) is 48.5 Å². The first-order valence-corrected chi connectivity index (χ1v) is 11.2. The van der Waals surface area contributed by atoms with Gasteiger partial charge in [-0.3, -0.25) is 9.79 Å². The number of likely N-dealkylation sites (tertiary alicyclic amines) is 1. The second-order valence-corrected chi connectivity index (χ2v) is 8.35. The fraction of sp³-hybridized carbons (Fsp3) is 0.652. The largest absolute Gasteiger partial charge is 0.356 e. The zero-order chi connectivity index (χ0) is 21.8. The molecule has 1 aromatic rings. The van der Waals surface area contributed by atoms with Crippen LogP contribution in [0.4, 0.5) is 0 Å². The van der Waals surface area contributed by atoms with Crippen LogP contribution in [0, 0.1) is 0 Å². The van der Waals surface area contributed by atoms with Gasteiger partial charge in [0.1, 0.15) is 0 Å². The van der Waals surface area contributed by atoms with E-state index in [0.717, 1.165) is 37.6 Å². The minimum atomic E-state index is -0.0341. The van der Waals surface area contributed by atoms with Gasteiger partial charge in [0.25, 0.3) is 5.91 Å². The molecule has 30 heavy (non-hydrogen) atoms. The average molecular weight is 417 g/mol. The fourth-order valence-corrected chi connectivity index (χ4v) is 3.70. The van der Waals surface area contributed by atoms with Gasteiger partial charge in [-0.15, -0.1) is 0 Å². The van der Waals surface area contributed by atoms with Crippen LogP contribution in [0.5, 0.6) is 0 Å². The molecule has 7 nitrogen and oxygen atoms in total. The molecule has 0 saturated carbocycles. The number of hydrogen-bond donors (Lipinski definition) is 3. The molecule has 7 heteroatoms. The van der Waals surface area contributed by atoms with E-state index < -0.39 is 0 Å². The van der Waals surface area contributed by atoms with Crippen molar-refractivity contribution in [2.45, 2.75) is 45.2 Å². The lowest BCUT2D eigenvalue weighted by Gasteiger charge is -2.33. The maximum atomic E-state index is 12.3. The SMILES string of the molecule is CN=C(NCCCN1CCCCC1C)NCc1cccc(C(=O)NCCN(C)C)c1. The van der Waals surface area contributed by atoms with Crippen LogP contribution < -0.4 is 16.0 Å². The number of likely N-dealkylation sites (N-methyl/N-ethyl adjacent to an activating group) is 1. The zero-order valence-corrected chi connectivity index (χ0v) is 19.2. The number of nitrogens with one attached hydrogen (secondary N) is 3. The van der Waals surface area contributed by atoms with Gasteiger partial charge in [-0.25, -0.2) is 0 Å². The summed E-state index contributed by atoms with van der Waals surface area (Å²) in [5.41, 5.74) is 1.74. The van der Waals surface area contributed by atoms with E-state index in [1.165, 1.54) is 25.8 Å². The third-order valence-electron chi connectivity index (χ3n) is 5.57. The van der Waals surface area contributed by atoms with Crippen molar-refractivity contribution < 1.29 is 4.79 Å². The lowest BCUT2D eigenvalue weighted by atomic mass is 10.0. The smallest absolute Gasteiger partial charge is 0.251 e. The number of hydrogen-bond acceptors (Lipinski definition) is 4. The lowest BCUT2D eigenvalue weighted by molar-refractivity contribution is 0.0951. The Kier molecular flexibility index (Phi) is 10.7. The Bertz CT molecular complexity index is 675. The number of rotatable bonds is 10. The zero-order valence-electron chi connectivity index (χ0n) is 19.2. The molecule has 1 aromatic carbocycles. The quantitative estimate of drug-likeness (QED) is 0.309. The molecule has 1 fully saturated rings. The highest BCUT2D eigenvalue weighted by Gasteiger charge is 2.17. The van der Waals surface area contributed by atoms with Crippen LogP contribution in [-0.2, 0) is 6.54 Å². The first-order valence-electron chi connectivity index (χ1n) is 11.2. The van der Waals surface area contributed by atoms with E-state index >= 15 is 0 Å². The van der Waals surface area contributed by atoms with Crippen molar-refractivity contribution in [3.63, 3.8) is 0 Å². The van der Waals surface area contributed by atoms with Crippen LogP contribution in [0.15, 0.2) is 29.3 Å². The van der Waals surface area contributed by atoms with Gasteiger partial charge in [-0.2, -0.15) is 0 Å². The maximum absolute atomic E-state index is 12.3. The van der Waals surface area contributed by atoms with E-state index in [4.69, 9.17) is 0 Å². The molecule has 0 spiro atoms. The van der Waals surface area contributed by atoms with Crippen molar-refractivity contribution in [1.29, 1.82) is 0 Å². The molecule has 168 valence electrons. The van der Waals surface area contributed by atoms with Crippen molar-refractivity contribution in [1.82, 2.24) is 25.8 Å². The van der Waals surface area contributed by atoms with Crippen LogP contribution in [0.25, 0.3) is 0 Å². The summed E-state index contributed by atoms with van der Waals surface area (Å²) in [6.07, 6.45) is 5.12. The first kappa shape index (κ1) is 24.2. The Labute approximate surface area is 182 Å². The Morgan fingerprint density at radius 2 is 2.03 bits per heavy atom. The average Bonchev–Trinajstić information content (AvgIpc) is 2.74. The summed E-state index contributed by atoms with van der Waals surface area (Å²) >= 11 is 0. The number of benzene rings is 1. The van der Waals surface area contributed by atoms with Gasteiger partial charge < -0.3 is 25.8 Å². The Morgan fingerprint density at radius 1 is 1.20 bits per heavy atom. The van der Waals surface area contributed by atoms with Crippen molar-refractivity contribution in [3.8, 4) is 0 Å². The molecule has 0 radical (unpaired) electrons. The molecule has 2 rings (SSSR count). The van der Waals surface area contributed by atoms with Crippen molar-refractivity contribution in [3.05, 3.63) is 35.4 Å². The minimum absolute atomic E-state index is 0.0341. The third kappa shape index (κ3) is 8.71. The van der Waals surface area contributed by atoms with Crippen LogP contribution in [0.2, 0.25) is 0 Å². The summed E-state index contributed by atoms with van der Waals surface area (Å²) in [6, 6.07) is 8.44. The van der Waals surface area contributed by atoms with Gasteiger partial charge >= 0.3 is 0 Å². The van der Waals surface area contributed by atoms with E-state index in [2.05, 4.69) is 32.8 Å². The van der Waals surface area contributed by atoms with E-state index in [1.54, 1.807) is 7.05 Å². The van der Waals surface area contributed by atoms with Gasteiger partial charge in [0.2, 0.25) is 0 Å². The van der Waals surface area contributed by atoms with Gasteiger partial charge in [-0.1, -0.05) is 18.6 Å². The predicted molar refractivity (Wildman–Crippen MR) is 125 cm³/mol. The minimum Gasteiger partial charge on any atom is -0.356 e. The normalized spacial score (nSPS) is 17.8. The number of nitrogens with zero attached hydrogens (tertiary/aromatic N) is 3. The standard InChI is InChI=1S/C23H40N6O/c1-19-9-5-6-14-29(19)15-8-12-26-23(24-2)27-18-20-10-7-11-21(17-20)22(30)25-13-16-28(3)4/h7,10-11,17,19H,5-6,8-9,12-16,18H2,1-4H3,(H,25,30)(H2,24,26,27). The number of aliphatic imine (C=N–C) groups is 1. The molecule has 0 aliphatic carbocycles. The predicted octanol–water partition coefficient (Wildman–Crippen LogP) is 1.91. The summed E-state index contributed by atoms with van der Waals surface area (Å²) < 4.78 is 0. The van der Waals surface area contributed by atoms with Gasteiger partial charge in [0.15, 0.2) is 5.96 Å². The van der Waals surface area contributed by atoms with Gasteiger partial charge in [0.05, 0.1) is 0 Å². The van der Waals surface area contributed by atoms with E-state index in [0.29, 0.717) is 24.7 Å². The third-order valence-corrected chi connectivity index (χ3v) is 5.57. The molecule has 1 saturated heterocycles. The lowest BCUT2D eigenvalue weighted by Crippen LogP contribution is -2.41. The first-order chi connectivity index (χ1) is 14.5. The Hall–Kier alpha value is -2.12. The highest BCUT2D eigenvalue weighted by molar-refractivity contribution is 5.94. The number of carbonyl (C=O) groups excluding carboxylic acids is 1. The molecule has 0 aromatic heterocycles. The van der Waals surface area contributed by atoms with E-state index in [-0.39, 0.29) is 5.91 Å². The monoisotopic (exact) mass is 416 g/mol. The fourth-order valence-electron chi connectivity index (χ4n) is 3.70. The summed E-state index contributed by atoms with van der Waals surface area (Å²) in [5.74, 6) is 0.760. The van der Waals surface area contributed by atoms with E-state index in [9.17, 15) is 4.79 Å². The molecule has 3 N–H and O–H groups in total. The summed E-state index contributed by atoms with van der Waals surface area (Å²) in [5, 5.41) is 9.70. The highest BCUT2D eigenvalue weighted by Crippen LogP contribution is 2.16. The topological polar surface area (TPSA) is 72.0 Å². The second kappa shape index (κ2) is 13.2. The Balaban J connectivity index is 1.71. The van der Waals surface area contributed by atoms with Gasteiger partial charge in [-0.05, 0) is 64.5 Å². The molecule has 0 bridgehead atoms. The maximum Gasteiger partial charge on any atom is 0.251 e. The molecular formula is C23H40N6O. The van der Waals surface area contributed by atoms with Crippen LogP contribution in [-0.4, -0.2) is 81.6 Å². The molecule has 1 aliphatic heterocycles. The summed E-state index contributed by atoms with van der Waals surface area (Å²) in [6.45, 7) is 7.69. The van der Waals surface area contributed by atoms with Crippen LogP contribution >= 0.6 is 0 Å². The van der Waals surface area contributed by atoms with Gasteiger partial charge in [0, 0.05) is 51.4 Å². The number of guanidine groups is 1. The molecular weight excluding hydrogens is 376 g/mol. The van der Waals surface area contributed by atoms with Crippen molar-refractivity contribution in [2.75, 3.05) is 53.9 Å². The number of piperidine rings is 1. The molecule has 1 aliphatic rings. The summed E-state index contributed by atoms with van der Waals surface area (Å²) in [4.78, 5) is 21.3. The summed E-state index contributed by atoms with van der Waals surface area (Å²) in [7, 11) is 5.78. The van der Waals surface area contributed by atoms with Crippen molar-refractivity contribution >= 4 is 11.9 Å². The van der Waals surface area contributed by atoms with E-state index in [1.807, 2.05) is 43.3 Å².